The van der Waals surface area contributed by atoms with Crippen LogP contribution in [0.25, 0.3) is 6.08 Å². The number of benzene rings is 2. The van der Waals surface area contributed by atoms with Gasteiger partial charge in [-0.25, -0.2) is 0 Å². The van der Waals surface area contributed by atoms with E-state index in [1.54, 1.807) is 4.90 Å². The summed E-state index contributed by atoms with van der Waals surface area (Å²) in [6, 6.07) is 18.0. The van der Waals surface area contributed by atoms with Crippen molar-refractivity contribution >= 4 is 46.0 Å². The first kappa shape index (κ1) is 16.9. The summed E-state index contributed by atoms with van der Waals surface area (Å²) >= 11 is 6.78. The zero-order valence-electron chi connectivity index (χ0n) is 13.6. The van der Waals surface area contributed by atoms with Gasteiger partial charge in [-0.15, -0.1) is 0 Å². The Morgan fingerprint density at radius 2 is 1.79 bits per heavy atom. The lowest BCUT2D eigenvalue weighted by atomic mass is 10.1. The van der Waals surface area contributed by atoms with Crippen LogP contribution in [-0.2, 0) is 11.2 Å². The molecule has 2 aromatic carbocycles. The Morgan fingerprint density at radius 1 is 1.08 bits per heavy atom. The number of thiocarbonyl (C=S) groups is 1. The standard InChI is InChI=1S/C20H19NOS2/c1-2-3-7-15-10-12-17(13-11-15)21-19(22)18(24-20(21)23)14-16-8-5-4-6-9-16/h4-6,8-14H,2-3,7H2,1H3/b18-14-. The second-order valence-electron chi connectivity index (χ2n) is 5.70. The SMILES string of the molecule is CCCCc1ccc(N2C(=O)/C(=C/c3ccccc3)SC2=S)cc1. The molecule has 0 saturated carbocycles. The summed E-state index contributed by atoms with van der Waals surface area (Å²) in [6.45, 7) is 2.19. The first-order valence-corrected chi connectivity index (χ1v) is 9.33. The molecule has 1 amide bonds. The fourth-order valence-electron chi connectivity index (χ4n) is 2.58. The molecule has 1 saturated heterocycles. The van der Waals surface area contributed by atoms with Crippen molar-refractivity contribution in [2.45, 2.75) is 26.2 Å². The lowest BCUT2D eigenvalue weighted by Gasteiger charge is -2.15. The number of hydrogen-bond acceptors (Lipinski definition) is 3. The van der Waals surface area contributed by atoms with E-state index in [0.29, 0.717) is 9.23 Å². The van der Waals surface area contributed by atoms with Crippen molar-refractivity contribution in [3.63, 3.8) is 0 Å². The minimum Gasteiger partial charge on any atom is -0.268 e. The van der Waals surface area contributed by atoms with Crippen molar-refractivity contribution in [2.75, 3.05) is 4.90 Å². The monoisotopic (exact) mass is 353 g/mol. The molecule has 0 unspecified atom stereocenters. The molecule has 1 aliphatic rings. The molecule has 0 atom stereocenters. The van der Waals surface area contributed by atoms with Gasteiger partial charge < -0.3 is 0 Å². The highest BCUT2D eigenvalue weighted by Crippen LogP contribution is 2.36. The van der Waals surface area contributed by atoms with Gasteiger partial charge in [0.15, 0.2) is 4.32 Å². The highest BCUT2D eigenvalue weighted by molar-refractivity contribution is 8.27. The molecule has 0 spiro atoms. The number of carbonyl (C=O) groups is 1. The molecule has 24 heavy (non-hydrogen) atoms. The van der Waals surface area contributed by atoms with Crippen LogP contribution in [0, 0.1) is 0 Å². The number of carbonyl (C=O) groups excluding carboxylic acids is 1. The largest absolute Gasteiger partial charge is 0.270 e. The Balaban J connectivity index is 1.80. The van der Waals surface area contributed by atoms with Crippen LogP contribution >= 0.6 is 24.0 Å². The van der Waals surface area contributed by atoms with E-state index in [0.717, 1.165) is 17.7 Å². The number of nitrogens with zero attached hydrogens (tertiary/aromatic N) is 1. The summed E-state index contributed by atoms with van der Waals surface area (Å²) in [6.07, 6.45) is 5.33. The molecule has 0 N–H and O–H groups in total. The predicted molar refractivity (Wildman–Crippen MR) is 107 cm³/mol. The lowest BCUT2D eigenvalue weighted by molar-refractivity contribution is -0.113. The van der Waals surface area contributed by atoms with Crippen LogP contribution in [0.2, 0.25) is 0 Å². The van der Waals surface area contributed by atoms with E-state index >= 15 is 0 Å². The van der Waals surface area contributed by atoms with E-state index in [2.05, 4.69) is 19.1 Å². The number of unbranched alkanes of at least 4 members (excludes halogenated alkanes) is 1. The maximum absolute atomic E-state index is 12.7. The Labute approximate surface area is 152 Å². The van der Waals surface area contributed by atoms with Crippen LogP contribution in [0.15, 0.2) is 59.5 Å². The first-order valence-electron chi connectivity index (χ1n) is 8.11. The number of rotatable bonds is 5. The number of hydrogen-bond donors (Lipinski definition) is 0. The van der Waals surface area contributed by atoms with E-state index in [1.807, 2.05) is 48.5 Å². The minimum absolute atomic E-state index is 0.0461. The first-order chi connectivity index (χ1) is 11.7. The lowest BCUT2D eigenvalue weighted by Crippen LogP contribution is -2.27. The topological polar surface area (TPSA) is 20.3 Å². The number of thioether (sulfide) groups is 1. The normalized spacial score (nSPS) is 16.2. The smallest absolute Gasteiger partial charge is 0.268 e. The second-order valence-corrected chi connectivity index (χ2v) is 7.37. The van der Waals surface area contributed by atoms with Crippen molar-refractivity contribution in [1.82, 2.24) is 0 Å². The molecule has 0 aliphatic carbocycles. The second kappa shape index (κ2) is 7.77. The van der Waals surface area contributed by atoms with Gasteiger partial charge in [0.2, 0.25) is 0 Å². The molecule has 2 aromatic rings. The van der Waals surface area contributed by atoms with Gasteiger partial charge in [-0.3, -0.25) is 9.69 Å². The predicted octanol–water partition coefficient (Wildman–Crippen LogP) is 5.44. The molecule has 122 valence electrons. The molecule has 0 aromatic heterocycles. The number of amides is 1. The molecule has 1 aliphatic heterocycles. The van der Waals surface area contributed by atoms with Crippen LogP contribution in [0.1, 0.15) is 30.9 Å². The van der Waals surface area contributed by atoms with E-state index in [4.69, 9.17) is 12.2 Å². The van der Waals surface area contributed by atoms with Crippen LogP contribution in [0.5, 0.6) is 0 Å². The molecule has 0 bridgehead atoms. The van der Waals surface area contributed by atoms with Crippen molar-refractivity contribution < 1.29 is 4.79 Å². The highest BCUT2D eigenvalue weighted by Gasteiger charge is 2.33. The van der Waals surface area contributed by atoms with Gasteiger partial charge in [0.1, 0.15) is 0 Å². The van der Waals surface area contributed by atoms with Gasteiger partial charge in [-0.05, 0) is 42.2 Å². The summed E-state index contributed by atoms with van der Waals surface area (Å²) in [4.78, 5) is 15.0. The summed E-state index contributed by atoms with van der Waals surface area (Å²) in [5.74, 6) is -0.0461. The van der Waals surface area contributed by atoms with Gasteiger partial charge in [-0.1, -0.05) is 79.8 Å². The van der Waals surface area contributed by atoms with Gasteiger partial charge in [0.05, 0.1) is 10.6 Å². The van der Waals surface area contributed by atoms with Crippen LogP contribution in [0.4, 0.5) is 5.69 Å². The summed E-state index contributed by atoms with van der Waals surface area (Å²) < 4.78 is 0.587. The molecule has 0 radical (unpaired) electrons. The third-order valence-corrected chi connectivity index (χ3v) is 5.21. The fraction of sp³-hybridized carbons (Fsp3) is 0.200. The average molecular weight is 354 g/mol. The summed E-state index contributed by atoms with van der Waals surface area (Å²) in [5.41, 5.74) is 3.15. The maximum atomic E-state index is 12.7. The maximum Gasteiger partial charge on any atom is 0.270 e. The molecule has 2 nitrogen and oxygen atoms in total. The molecule has 1 fully saturated rings. The van der Waals surface area contributed by atoms with Crippen molar-refractivity contribution in [1.29, 1.82) is 0 Å². The van der Waals surface area contributed by atoms with Gasteiger partial charge in [-0.2, -0.15) is 0 Å². The molecule has 4 heteroatoms. The Bertz CT molecular complexity index is 766. The Morgan fingerprint density at radius 3 is 2.46 bits per heavy atom. The van der Waals surface area contributed by atoms with E-state index in [1.165, 1.54) is 30.2 Å². The summed E-state index contributed by atoms with van der Waals surface area (Å²) in [5, 5.41) is 0. The van der Waals surface area contributed by atoms with Crippen LogP contribution in [0.3, 0.4) is 0 Å². The highest BCUT2D eigenvalue weighted by atomic mass is 32.2. The number of anilines is 1. The zero-order valence-corrected chi connectivity index (χ0v) is 15.2. The van der Waals surface area contributed by atoms with E-state index < -0.39 is 0 Å². The van der Waals surface area contributed by atoms with Crippen molar-refractivity contribution in [3.8, 4) is 0 Å². The Hall–Kier alpha value is -1.91. The van der Waals surface area contributed by atoms with Crippen LogP contribution in [-0.4, -0.2) is 10.2 Å². The quantitative estimate of drug-likeness (QED) is 0.528. The fourth-order valence-corrected chi connectivity index (χ4v) is 3.88. The third kappa shape index (κ3) is 3.77. The molecular formula is C20H19NOS2. The van der Waals surface area contributed by atoms with Crippen LogP contribution < -0.4 is 4.90 Å². The zero-order chi connectivity index (χ0) is 16.9. The van der Waals surface area contributed by atoms with Crippen molar-refractivity contribution in [2.24, 2.45) is 0 Å². The minimum atomic E-state index is -0.0461. The Kier molecular flexibility index (Phi) is 5.48. The van der Waals surface area contributed by atoms with Crippen molar-refractivity contribution in [3.05, 3.63) is 70.6 Å². The molecular weight excluding hydrogens is 334 g/mol. The number of aryl methyl sites for hydroxylation is 1. The average Bonchev–Trinajstić information content (AvgIpc) is 2.88. The van der Waals surface area contributed by atoms with E-state index in [9.17, 15) is 4.79 Å². The van der Waals surface area contributed by atoms with Gasteiger partial charge in [0.25, 0.3) is 5.91 Å². The van der Waals surface area contributed by atoms with Gasteiger partial charge >= 0.3 is 0 Å². The molecule has 1 heterocycles. The molecule has 3 rings (SSSR count). The van der Waals surface area contributed by atoms with E-state index in [-0.39, 0.29) is 5.91 Å². The van der Waals surface area contributed by atoms with Gasteiger partial charge in [0, 0.05) is 0 Å². The summed E-state index contributed by atoms with van der Waals surface area (Å²) in [7, 11) is 0. The third-order valence-electron chi connectivity index (χ3n) is 3.90.